The van der Waals surface area contributed by atoms with Gasteiger partial charge < -0.3 is 19.4 Å². The Morgan fingerprint density at radius 2 is 1.97 bits per heavy atom. The summed E-state index contributed by atoms with van der Waals surface area (Å²) in [7, 11) is 1.71. The molecule has 0 saturated carbocycles. The summed E-state index contributed by atoms with van der Waals surface area (Å²) in [4.78, 5) is 2.52. The number of methoxy groups -OCH3 is 1. The number of aromatic nitrogens is 1. The Kier molecular flexibility index (Phi) is 4.75. The molecule has 0 unspecified atom stereocenters. The van der Waals surface area contributed by atoms with Crippen molar-refractivity contribution in [2.45, 2.75) is 36.9 Å². The van der Waals surface area contributed by atoms with E-state index in [2.05, 4.69) is 57.4 Å². The summed E-state index contributed by atoms with van der Waals surface area (Å²) in [6.45, 7) is 3.69. The predicted molar refractivity (Wildman–Crippen MR) is 127 cm³/mol. The molecule has 0 bridgehead atoms. The third-order valence-electron chi connectivity index (χ3n) is 7.39. The second-order valence-corrected chi connectivity index (χ2v) is 9.84. The molecule has 2 saturated heterocycles. The average Bonchev–Trinajstić information content (AvgIpc) is 3.42. The molecule has 4 heterocycles. The van der Waals surface area contributed by atoms with Gasteiger partial charge in [-0.3, -0.25) is 4.90 Å². The van der Waals surface area contributed by atoms with Crippen molar-refractivity contribution in [3.05, 3.63) is 77.1 Å². The molecule has 0 aliphatic carbocycles. The number of likely N-dealkylation sites (tertiary alicyclic amines) is 1. The molecule has 5 nitrogen and oxygen atoms in total. The molecule has 2 fully saturated rings. The van der Waals surface area contributed by atoms with Gasteiger partial charge in [0.1, 0.15) is 11.3 Å². The van der Waals surface area contributed by atoms with Crippen LogP contribution in [0.2, 0.25) is 5.02 Å². The summed E-state index contributed by atoms with van der Waals surface area (Å²) < 4.78 is 14.4. The molecular formula is C26H28ClN3O2. The molecular weight excluding hydrogens is 422 g/mol. The third kappa shape index (κ3) is 3.31. The first-order valence-electron chi connectivity index (χ1n) is 11.3. The number of fused-ring (bicyclic) bond motifs is 4. The summed E-state index contributed by atoms with van der Waals surface area (Å²) in [5.74, 6) is 0.866. The van der Waals surface area contributed by atoms with E-state index in [-0.39, 0.29) is 11.1 Å². The molecule has 0 amide bonds. The molecule has 6 rings (SSSR count). The van der Waals surface area contributed by atoms with E-state index in [4.69, 9.17) is 21.1 Å². The van der Waals surface area contributed by atoms with Crippen molar-refractivity contribution in [3.8, 4) is 11.4 Å². The fraction of sp³-hybridized carbons (Fsp3) is 0.385. The van der Waals surface area contributed by atoms with Crippen LogP contribution >= 0.6 is 11.6 Å². The lowest BCUT2D eigenvalue weighted by Crippen LogP contribution is -2.46. The van der Waals surface area contributed by atoms with Crippen LogP contribution in [0.4, 0.5) is 5.69 Å². The number of ether oxygens (including phenoxy) is 2. The van der Waals surface area contributed by atoms with Gasteiger partial charge in [-0.05, 0) is 54.8 Å². The molecule has 2 spiro atoms. The maximum atomic E-state index is 6.64. The maximum Gasteiger partial charge on any atom is 0.121 e. The molecule has 3 aliphatic heterocycles. The van der Waals surface area contributed by atoms with E-state index in [1.807, 2.05) is 18.2 Å². The third-order valence-corrected chi connectivity index (χ3v) is 7.62. The topological polar surface area (TPSA) is 38.7 Å². The van der Waals surface area contributed by atoms with Crippen molar-refractivity contribution in [1.29, 1.82) is 0 Å². The van der Waals surface area contributed by atoms with Crippen LogP contribution in [-0.2, 0) is 16.8 Å². The zero-order chi connectivity index (χ0) is 21.8. The zero-order valence-electron chi connectivity index (χ0n) is 18.3. The minimum absolute atomic E-state index is 0.0801. The van der Waals surface area contributed by atoms with Gasteiger partial charge in [-0.2, -0.15) is 0 Å². The van der Waals surface area contributed by atoms with Crippen molar-refractivity contribution >= 4 is 17.3 Å². The van der Waals surface area contributed by atoms with Gasteiger partial charge in [0.2, 0.25) is 0 Å². The van der Waals surface area contributed by atoms with Crippen LogP contribution in [0.1, 0.15) is 30.5 Å². The van der Waals surface area contributed by atoms with Crippen molar-refractivity contribution < 1.29 is 9.47 Å². The number of halogens is 1. The van der Waals surface area contributed by atoms with Gasteiger partial charge >= 0.3 is 0 Å². The Balaban J connectivity index is 1.21. The van der Waals surface area contributed by atoms with Crippen LogP contribution in [-0.4, -0.2) is 41.9 Å². The van der Waals surface area contributed by atoms with Crippen molar-refractivity contribution in [1.82, 2.24) is 9.47 Å². The number of nitrogens with one attached hydrogen (secondary N) is 1. The van der Waals surface area contributed by atoms with E-state index in [0.717, 1.165) is 61.0 Å². The molecule has 6 heteroatoms. The van der Waals surface area contributed by atoms with E-state index in [0.29, 0.717) is 6.61 Å². The van der Waals surface area contributed by atoms with Gasteiger partial charge in [-0.15, -0.1) is 0 Å². The van der Waals surface area contributed by atoms with Crippen LogP contribution in [0.5, 0.6) is 5.75 Å². The van der Waals surface area contributed by atoms with Crippen LogP contribution in [0, 0.1) is 0 Å². The fourth-order valence-corrected chi connectivity index (χ4v) is 5.97. The molecule has 1 atom stereocenters. The van der Waals surface area contributed by atoms with Crippen LogP contribution < -0.4 is 10.1 Å². The largest absolute Gasteiger partial charge is 0.497 e. The van der Waals surface area contributed by atoms with Gasteiger partial charge in [-0.25, -0.2) is 0 Å². The van der Waals surface area contributed by atoms with Gasteiger partial charge in [0.05, 0.1) is 36.4 Å². The monoisotopic (exact) mass is 449 g/mol. The lowest BCUT2D eigenvalue weighted by Gasteiger charge is -2.41. The molecule has 3 aromatic rings. The summed E-state index contributed by atoms with van der Waals surface area (Å²) >= 11 is 6.18. The van der Waals surface area contributed by atoms with Crippen molar-refractivity contribution in [3.63, 3.8) is 0 Å². The first kappa shape index (κ1) is 20.2. The molecule has 3 aliphatic rings. The lowest BCUT2D eigenvalue weighted by atomic mass is 9.79. The summed E-state index contributed by atoms with van der Waals surface area (Å²) in [6.07, 6.45) is 5.22. The number of benzene rings is 2. The first-order chi connectivity index (χ1) is 15.6. The van der Waals surface area contributed by atoms with Gasteiger partial charge in [0.25, 0.3) is 0 Å². The standard InChI is InChI=1S/C26H28ClN3O2/c1-31-21-7-8-23-22(15-21)28-26(24-6-3-11-30(23)24)17-25(32-18-26)9-12-29(13-10-25)16-19-4-2-5-20(27)14-19/h2-8,11,14-15,28H,9-10,12-13,16-18H2,1H3/t26-/m1/s1. The maximum absolute atomic E-state index is 6.64. The van der Waals surface area contributed by atoms with Gasteiger partial charge in [0.15, 0.2) is 0 Å². The SMILES string of the molecule is COc1ccc2c(c1)N[C@]1(COC3(CCN(Cc4cccc(Cl)c4)CC3)C1)c1cccn1-2. The van der Waals surface area contributed by atoms with Crippen LogP contribution in [0.3, 0.4) is 0 Å². The summed E-state index contributed by atoms with van der Waals surface area (Å²) in [5, 5.41) is 4.67. The second kappa shape index (κ2) is 7.55. The quantitative estimate of drug-likeness (QED) is 0.595. The van der Waals surface area contributed by atoms with E-state index in [1.165, 1.54) is 11.3 Å². The number of rotatable bonds is 3. The first-order valence-corrected chi connectivity index (χ1v) is 11.7. The minimum Gasteiger partial charge on any atom is -0.497 e. The van der Waals surface area contributed by atoms with Gasteiger partial charge in [0, 0.05) is 43.3 Å². The Morgan fingerprint density at radius 1 is 1.09 bits per heavy atom. The molecule has 0 radical (unpaired) electrons. The number of hydrogen-bond acceptors (Lipinski definition) is 4. The highest BCUT2D eigenvalue weighted by atomic mass is 35.5. The van der Waals surface area contributed by atoms with Crippen LogP contribution in [0.15, 0.2) is 60.8 Å². The Bertz CT molecular complexity index is 1150. The van der Waals surface area contributed by atoms with Crippen LogP contribution in [0.25, 0.3) is 5.69 Å². The summed E-state index contributed by atoms with van der Waals surface area (Å²) in [6, 6.07) is 18.8. The van der Waals surface area contributed by atoms with E-state index >= 15 is 0 Å². The number of hydrogen-bond donors (Lipinski definition) is 1. The van der Waals surface area contributed by atoms with Gasteiger partial charge in [-0.1, -0.05) is 23.7 Å². The highest BCUT2D eigenvalue weighted by molar-refractivity contribution is 6.30. The number of nitrogens with zero attached hydrogens (tertiary/aromatic N) is 2. The second-order valence-electron chi connectivity index (χ2n) is 9.41. The lowest BCUT2D eigenvalue weighted by molar-refractivity contribution is -0.0451. The average molecular weight is 450 g/mol. The Morgan fingerprint density at radius 3 is 2.78 bits per heavy atom. The highest BCUT2D eigenvalue weighted by Gasteiger charge is 2.53. The summed E-state index contributed by atoms with van der Waals surface area (Å²) in [5.41, 5.74) is 4.53. The van der Waals surface area contributed by atoms with Crippen molar-refractivity contribution in [2.24, 2.45) is 0 Å². The van der Waals surface area contributed by atoms with Crippen molar-refractivity contribution in [2.75, 3.05) is 32.1 Å². The zero-order valence-corrected chi connectivity index (χ0v) is 19.1. The predicted octanol–water partition coefficient (Wildman–Crippen LogP) is 5.22. The Labute approximate surface area is 193 Å². The normalized spacial score (nSPS) is 23.7. The molecule has 166 valence electrons. The number of anilines is 1. The van der Waals surface area contributed by atoms with E-state index < -0.39 is 0 Å². The molecule has 32 heavy (non-hydrogen) atoms. The highest BCUT2D eigenvalue weighted by Crippen LogP contribution is 2.50. The molecule has 1 aromatic heterocycles. The smallest absolute Gasteiger partial charge is 0.121 e. The number of piperidine rings is 1. The fourth-order valence-electron chi connectivity index (χ4n) is 5.76. The molecule has 1 N–H and O–H groups in total. The Hall–Kier alpha value is -2.47. The van der Waals surface area contributed by atoms with E-state index in [9.17, 15) is 0 Å². The minimum atomic E-state index is -0.210. The van der Waals surface area contributed by atoms with E-state index in [1.54, 1.807) is 7.11 Å². The molecule has 2 aromatic carbocycles.